The Hall–Kier alpha value is -4.57. The highest BCUT2D eigenvalue weighted by atomic mass is 16.7. The van der Waals surface area contributed by atoms with Crippen LogP contribution in [-0.2, 0) is 73.3 Å². The third-order valence-electron chi connectivity index (χ3n) is 17.6. The molecule has 16 heteroatoms. The topological polar surface area (TPSA) is 208 Å². The highest BCUT2D eigenvalue weighted by Crippen LogP contribution is 2.30. The summed E-state index contributed by atoms with van der Waals surface area (Å²) in [5.74, 6) is -4.15. The molecule has 1 heterocycles. The van der Waals surface area contributed by atoms with Gasteiger partial charge in [0.05, 0.1) is 13.0 Å². The van der Waals surface area contributed by atoms with E-state index in [4.69, 9.17) is 33.2 Å². The first-order chi connectivity index (χ1) is 44.8. The van der Waals surface area contributed by atoms with E-state index in [1.807, 2.05) is 30.3 Å². The van der Waals surface area contributed by atoms with Crippen LogP contribution in [0.5, 0.6) is 0 Å². The second-order valence-electron chi connectivity index (χ2n) is 26.3. The number of ether oxygens (including phenoxy) is 7. The molecule has 16 nitrogen and oxygen atoms in total. The molecular weight excluding hydrogens is 1160 g/mol. The number of hydrogen-bond donors (Lipinski definition) is 2. The fraction of sp³-hybridized carbons (Fsp3) is 0.829. The summed E-state index contributed by atoms with van der Waals surface area (Å²) in [6.07, 6.45) is 40.5. The van der Waals surface area contributed by atoms with Gasteiger partial charge in [0.25, 0.3) is 0 Å². The van der Waals surface area contributed by atoms with Crippen molar-refractivity contribution < 1.29 is 66.7 Å². The van der Waals surface area contributed by atoms with Gasteiger partial charge in [-0.25, -0.2) is 4.79 Å². The van der Waals surface area contributed by atoms with Gasteiger partial charge in [-0.15, -0.1) is 0 Å². The van der Waals surface area contributed by atoms with E-state index in [1.54, 1.807) is 0 Å². The van der Waals surface area contributed by atoms with Crippen molar-refractivity contribution in [2.24, 2.45) is 0 Å². The summed E-state index contributed by atoms with van der Waals surface area (Å²) in [6, 6.07) is 6.37. The Bertz CT molecular complexity index is 2020. The van der Waals surface area contributed by atoms with Gasteiger partial charge in [-0.2, -0.15) is 0 Å². The molecule has 0 radical (unpaired) electrons. The van der Waals surface area contributed by atoms with Crippen LogP contribution in [0.15, 0.2) is 30.3 Å². The molecule has 2 rings (SSSR count). The van der Waals surface area contributed by atoms with Crippen molar-refractivity contribution in [2.75, 3.05) is 13.2 Å². The van der Waals surface area contributed by atoms with Crippen molar-refractivity contribution in [1.29, 1.82) is 0 Å². The zero-order valence-electron chi connectivity index (χ0n) is 59.0. The molecule has 530 valence electrons. The number of esters is 5. The minimum atomic E-state index is -1.56. The van der Waals surface area contributed by atoms with Crippen molar-refractivity contribution in [2.45, 2.75) is 393 Å². The number of carbonyl (C=O) groups is 7. The average molecular weight is 1300 g/mol. The standard InChI is InChI=1S/C76H132N2O14/c1-7-11-15-19-23-27-30-34-38-42-49-55-68(81)77-66(75(85)87-59-64-52-46-45-47-53-64)60-88-76-72(74(73(89-63(6)80)67(91-76)61-86-62(5)79)92-71(84)57-51-44-40-36-32-29-25-21-17-13-9-3)78-69(82)58-65(54-48-41-37-33-26-22-18-14-10-4)90-70(83)56-50-43-39-35-31-28-24-20-16-12-8-2/h45-47,52-53,65-67,72-74,76H,7-44,48-51,54-61H2,1-6H3,(H,77,81)(H,78,82)/t65-,66+,67-,72-,73-,74-,76-/m1/s1. The molecule has 0 saturated carbocycles. The van der Waals surface area contributed by atoms with E-state index >= 15 is 0 Å². The van der Waals surface area contributed by atoms with Crippen LogP contribution in [0.1, 0.15) is 349 Å². The molecule has 1 aliphatic heterocycles. The monoisotopic (exact) mass is 1300 g/mol. The maximum absolute atomic E-state index is 14.8. The number of unbranched alkanes of at least 4 members (excludes halogenated alkanes) is 38. The van der Waals surface area contributed by atoms with Crippen molar-refractivity contribution >= 4 is 41.7 Å². The van der Waals surface area contributed by atoms with Crippen LogP contribution in [0.3, 0.4) is 0 Å². The number of nitrogens with one attached hydrogen (secondary N) is 2. The molecule has 1 aromatic carbocycles. The van der Waals surface area contributed by atoms with Crippen LogP contribution in [0.4, 0.5) is 0 Å². The van der Waals surface area contributed by atoms with Gasteiger partial charge in [0, 0.05) is 33.1 Å². The van der Waals surface area contributed by atoms with Gasteiger partial charge in [0.15, 0.2) is 24.5 Å². The molecular formula is C76H132N2O14. The van der Waals surface area contributed by atoms with Crippen molar-refractivity contribution in [1.82, 2.24) is 10.6 Å². The summed E-state index contributed by atoms with van der Waals surface area (Å²) >= 11 is 0. The second kappa shape index (κ2) is 57.8. The van der Waals surface area contributed by atoms with Gasteiger partial charge in [-0.3, -0.25) is 28.8 Å². The largest absolute Gasteiger partial charge is 0.463 e. The normalized spacial score (nSPS) is 16.9. The Morgan fingerprint density at radius 1 is 0.457 bits per heavy atom. The molecule has 1 fully saturated rings. The van der Waals surface area contributed by atoms with Crippen LogP contribution in [0, 0.1) is 0 Å². The van der Waals surface area contributed by atoms with E-state index in [9.17, 15) is 33.6 Å². The first-order valence-electron chi connectivity index (χ1n) is 37.6. The summed E-state index contributed by atoms with van der Waals surface area (Å²) < 4.78 is 42.7. The Morgan fingerprint density at radius 2 is 0.880 bits per heavy atom. The number of benzene rings is 1. The maximum Gasteiger partial charge on any atom is 0.331 e. The minimum absolute atomic E-state index is 0.0261. The van der Waals surface area contributed by atoms with E-state index in [0.29, 0.717) is 25.7 Å². The predicted molar refractivity (Wildman–Crippen MR) is 366 cm³/mol. The van der Waals surface area contributed by atoms with Gasteiger partial charge >= 0.3 is 29.8 Å². The summed E-state index contributed by atoms with van der Waals surface area (Å²) in [5.41, 5.74) is 0.727. The van der Waals surface area contributed by atoms with Gasteiger partial charge in [-0.05, 0) is 37.7 Å². The molecule has 0 bridgehead atoms. The molecule has 0 aliphatic carbocycles. The molecule has 1 aliphatic rings. The Morgan fingerprint density at radius 3 is 1.33 bits per heavy atom. The first-order valence-corrected chi connectivity index (χ1v) is 37.6. The highest BCUT2D eigenvalue weighted by Gasteiger charge is 2.52. The number of carbonyl (C=O) groups excluding carboxylic acids is 7. The van der Waals surface area contributed by atoms with E-state index in [2.05, 4.69) is 38.3 Å². The molecule has 1 saturated heterocycles. The zero-order valence-corrected chi connectivity index (χ0v) is 59.0. The smallest absolute Gasteiger partial charge is 0.331 e. The van der Waals surface area contributed by atoms with Gasteiger partial charge in [-0.1, -0.05) is 302 Å². The van der Waals surface area contributed by atoms with Crippen LogP contribution >= 0.6 is 0 Å². The minimum Gasteiger partial charge on any atom is -0.463 e. The van der Waals surface area contributed by atoms with Gasteiger partial charge in [0.1, 0.15) is 31.5 Å². The summed E-state index contributed by atoms with van der Waals surface area (Å²) in [7, 11) is 0. The molecule has 1 aromatic rings. The van der Waals surface area contributed by atoms with E-state index in [-0.39, 0.29) is 44.2 Å². The lowest BCUT2D eigenvalue weighted by atomic mass is 9.95. The SMILES string of the molecule is CCCCCCCCCCCCCC(=O)N[C@@H](CO[C@@H]1O[C@H](COC(C)=O)[C@@H](OC(C)=O)[C@H](OC(=O)CCCCCCCCCCCCC)[C@H]1NC(=O)C[C@@H](CCCCCCCCCCC)OC(=O)CCCCCCCCCCCCC)C(=O)OCc1ccccc1. The first kappa shape index (κ1) is 83.5. The second-order valence-corrected chi connectivity index (χ2v) is 26.3. The Balaban J connectivity index is 2.50. The van der Waals surface area contributed by atoms with Gasteiger partial charge < -0.3 is 43.8 Å². The summed E-state index contributed by atoms with van der Waals surface area (Å²) in [6.45, 7) is 10.2. The Kier molecular flexibility index (Phi) is 52.5. The lowest BCUT2D eigenvalue weighted by Gasteiger charge is -2.45. The third kappa shape index (κ3) is 44.9. The predicted octanol–water partition coefficient (Wildman–Crippen LogP) is 18.2. The van der Waals surface area contributed by atoms with Crippen molar-refractivity contribution in [3.05, 3.63) is 35.9 Å². The highest BCUT2D eigenvalue weighted by molar-refractivity contribution is 5.84. The summed E-state index contributed by atoms with van der Waals surface area (Å²) in [5, 5.41) is 5.84. The molecule has 92 heavy (non-hydrogen) atoms. The van der Waals surface area contributed by atoms with E-state index in [0.717, 1.165) is 108 Å². The lowest BCUT2D eigenvalue weighted by molar-refractivity contribution is -0.279. The molecule has 0 aromatic heterocycles. The third-order valence-corrected chi connectivity index (χ3v) is 17.6. The molecule has 2 amide bonds. The van der Waals surface area contributed by atoms with Crippen LogP contribution in [0.2, 0.25) is 0 Å². The number of rotatable bonds is 61. The van der Waals surface area contributed by atoms with Gasteiger partial charge in [0.2, 0.25) is 11.8 Å². The van der Waals surface area contributed by atoms with E-state index in [1.165, 1.54) is 162 Å². The fourth-order valence-corrected chi connectivity index (χ4v) is 12.1. The molecule has 2 N–H and O–H groups in total. The zero-order chi connectivity index (χ0) is 66.9. The van der Waals surface area contributed by atoms with Crippen LogP contribution in [0.25, 0.3) is 0 Å². The lowest BCUT2D eigenvalue weighted by Crippen LogP contribution is -2.67. The van der Waals surface area contributed by atoms with Crippen LogP contribution < -0.4 is 10.6 Å². The van der Waals surface area contributed by atoms with E-state index < -0.39 is 85.8 Å². The molecule has 0 spiro atoms. The molecule has 7 atom stereocenters. The summed E-state index contributed by atoms with van der Waals surface area (Å²) in [4.78, 5) is 96.0. The van der Waals surface area contributed by atoms with Crippen molar-refractivity contribution in [3.63, 3.8) is 0 Å². The fourth-order valence-electron chi connectivity index (χ4n) is 12.1. The van der Waals surface area contributed by atoms with Crippen LogP contribution in [-0.4, -0.2) is 97.7 Å². The number of hydrogen-bond acceptors (Lipinski definition) is 14. The quantitative estimate of drug-likeness (QED) is 0.0353. The molecule has 0 unspecified atom stereocenters. The maximum atomic E-state index is 14.8. The van der Waals surface area contributed by atoms with Crippen molar-refractivity contribution in [3.8, 4) is 0 Å². The average Bonchev–Trinajstić information content (AvgIpc) is 0.808. The Labute approximate surface area is 558 Å². The number of amides is 2.